The third-order valence-electron chi connectivity index (χ3n) is 1.61. The summed E-state index contributed by atoms with van der Waals surface area (Å²) in [6.45, 7) is 1.90. The van der Waals surface area contributed by atoms with E-state index in [0.29, 0.717) is 18.6 Å². The second-order valence-electron chi connectivity index (χ2n) is 2.51. The predicted octanol–water partition coefficient (Wildman–Crippen LogP) is 1.66. The van der Waals surface area contributed by atoms with Gasteiger partial charge in [0.1, 0.15) is 11.9 Å². The third kappa shape index (κ3) is 1.87. The molecule has 0 bridgehead atoms. The Morgan fingerprint density at radius 2 is 2.50 bits per heavy atom. The standard InChI is InChI=1S/C8H12O2/c1-2-5-10-8-4-3-7(9)6-8/h2,5,8H,3-4,6H2,1H3/b5-2+. The number of carbonyl (C=O) groups is 1. The van der Waals surface area contributed by atoms with Gasteiger partial charge in [-0.05, 0) is 13.3 Å². The van der Waals surface area contributed by atoms with Gasteiger partial charge in [0.15, 0.2) is 0 Å². The van der Waals surface area contributed by atoms with Crippen molar-refractivity contribution in [2.45, 2.75) is 32.3 Å². The van der Waals surface area contributed by atoms with Crippen LogP contribution < -0.4 is 0 Å². The topological polar surface area (TPSA) is 26.3 Å². The Hall–Kier alpha value is -0.790. The maximum atomic E-state index is 10.7. The molecule has 1 aliphatic carbocycles. The maximum absolute atomic E-state index is 10.7. The minimum absolute atomic E-state index is 0.156. The lowest BCUT2D eigenvalue weighted by atomic mass is 10.3. The second-order valence-corrected chi connectivity index (χ2v) is 2.51. The van der Waals surface area contributed by atoms with Crippen LogP contribution in [0.4, 0.5) is 0 Å². The molecule has 0 radical (unpaired) electrons. The number of hydrogen-bond donors (Lipinski definition) is 0. The summed E-state index contributed by atoms with van der Waals surface area (Å²) in [6.07, 6.45) is 5.84. The minimum atomic E-state index is 0.156. The first kappa shape index (κ1) is 7.32. The normalized spacial score (nSPS) is 26.1. The fourth-order valence-corrected chi connectivity index (χ4v) is 1.09. The Labute approximate surface area is 60.9 Å². The molecule has 56 valence electrons. The molecule has 0 spiro atoms. The number of rotatable bonds is 2. The lowest BCUT2D eigenvalue weighted by Crippen LogP contribution is -2.03. The fourth-order valence-electron chi connectivity index (χ4n) is 1.09. The molecule has 1 aliphatic rings. The van der Waals surface area contributed by atoms with E-state index in [9.17, 15) is 4.79 Å². The molecule has 2 heteroatoms. The van der Waals surface area contributed by atoms with Crippen molar-refractivity contribution < 1.29 is 9.53 Å². The van der Waals surface area contributed by atoms with Gasteiger partial charge >= 0.3 is 0 Å². The predicted molar refractivity (Wildman–Crippen MR) is 38.5 cm³/mol. The molecule has 0 aromatic heterocycles. The highest BCUT2D eigenvalue weighted by Crippen LogP contribution is 2.17. The zero-order valence-corrected chi connectivity index (χ0v) is 6.17. The van der Waals surface area contributed by atoms with Crippen LogP contribution in [-0.2, 0) is 9.53 Å². The molecule has 0 heterocycles. The highest BCUT2D eigenvalue weighted by atomic mass is 16.5. The molecular weight excluding hydrogens is 128 g/mol. The van der Waals surface area contributed by atoms with Crippen LogP contribution in [-0.4, -0.2) is 11.9 Å². The van der Waals surface area contributed by atoms with Gasteiger partial charge in [-0.2, -0.15) is 0 Å². The largest absolute Gasteiger partial charge is 0.498 e. The summed E-state index contributed by atoms with van der Waals surface area (Å²) in [5, 5.41) is 0. The number of Topliss-reactive ketones (excluding diaryl/α,β-unsaturated/α-hetero) is 1. The van der Waals surface area contributed by atoms with Gasteiger partial charge in [-0.3, -0.25) is 4.79 Å². The van der Waals surface area contributed by atoms with Crippen LogP contribution in [0.3, 0.4) is 0 Å². The average Bonchev–Trinajstić information content (AvgIpc) is 2.31. The van der Waals surface area contributed by atoms with Gasteiger partial charge < -0.3 is 4.74 Å². The highest BCUT2D eigenvalue weighted by Gasteiger charge is 2.21. The van der Waals surface area contributed by atoms with Crippen molar-refractivity contribution in [1.82, 2.24) is 0 Å². The summed E-state index contributed by atoms with van der Waals surface area (Å²) in [6, 6.07) is 0. The quantitative estimate of drug-likeness (QED) is 0.545. The van der Waals surface area contributed by atoms with E-state index in [4.69, 9.17) is 4.74 Å². The van der Waals surface area contributed by atoms with Gasteiger partial charge in [0.2, 0.25) is 0 Å². The molecule has 1 fully saturated rings. The zero-order valence-electron chi connectivity index (χ0n) is 6.17. The van der Waals surface area contributed by atoms with Crippen LogP contribution in [0.25, 0.3) is 0 Å². The minimum Gasteiger partial charge on any atom is -0.498 e. The molecule has 0 aliphatic heterocycles. The van der Waals surface area contributed by atoms with E-state index in [1.54, 1.807) is 6.26 Å². The summed E-state index contributed by atoms with van der Waals surface area (Å²) < 4.78 is 5.22. The van der Waals surface area contributed by atoms with Gasteiger partial charge in [0, 0.05) is 12.8 Å². The van der Waals surface area contributed by atoms with Crippen LogP contribution >= 0.6 is 0 Å². The van der Waals surface area contributed by atoms with Gasteiger partial charge in [-0.25, -0.2) is 0 Å². The van der Waals surface area contributed by atoms with Crippen LogP contribution in [0.5, 0.6) is 0 Å². The van der Waals surface area contributed by atoms with E-state index in [1.807, 2.05) is 13.0 Å². The number of ether oxygens (including phenoxy) is 1. The first-order chi connectivity index (χ1) is 4.83. The number of hydrogen-bond acceptors (Lipinski definition) is 2. The van der Waals surface area contributed by atoms with Gasteiger partial charge in [0.25, 0.3) is 0 Å². The monoisotopic (exact) mass is 140 g/mol. The van der Waals surface area contributed by atoms with Crippen molar-refractivity contribution in [3.05, 3.63) is 12.3 Å². The highest BCUT2D eigenvalue weighted by molar-refractivity contribution is 5.81. The van der Waals surface area contributed by atoms with Crippen LogP contribution in [0, 0.1) is 0 Å². The lowest BCUT2D eigenvalue weighted by Gasteiger charge is -2.05. The van der Waals surface area contributed by atoms with E-state index in [-0.39, 0.29) is 6.10 Å². The van der Waals surface area contributed by atoms with Crippen molar-refractivity contribution in [3.63, 3.8) is 0 Å². The summed E-state index contributed by atoms with van der Waals surface area (Å²) >= 11 is 0. The molecule has 1 atom stereocenters. The Kier molecular flexibility index (Phi) is 2.49. The molecule has 10 heavy (non-hydrogen) atoms. The molecule has 0 amide bonds. The summed E-state index contributed by atoms with van der Waals surface area (Å²) in [5.41, 5.74) is 0. The molecule has 0 N–H and O–H groups in total. The van der Waals surface area contributed by atoms with Crippen LogP contribution in [0.2, 0.25) is 0 Å². The van der Waals surface area contributed by atoms with E-state index >= 15 is 0 Å². The zero-order chi connectivity index (χ0) is 7.40. The Morgan fingerprint density at radius 3 is 3.00 bits per heavy atom. The van der Waals surface area contributed by atoms with Gasteiger partial charge in [-0.1, -0.05) is 6.08 Å². The fraction of sp³-hybridized carbons (Fsp3) is 0.625. The van der Waals surface area contributed by atoms with Gasteiger partial charge in [0.05, 0.1) is 6.26 Å². The second kappa shape index (κ2) is 3.40. The van der Waals surface area contributed by atoms with Crippen molar-refractivity contribution in [2.24, 2.45) is 0 Å². The number of ketones is 1. The lowest BCUT2D eigenvalue weighted by molar-refractivity contribution is -0.117. The van der Waals surface area contributed by atoms with Crippen molar-refractivity contribution in [3.8, 4) is 0 Å². The van der Waals surface area contributed by atoms with E-state index in [1.165, 1.54) is 0 Å². The van der Waals surface area contributed by atoms with Crippen molar-refractivity contribution >= 4 is 5.78 Å². The molecule has 0 aromatic carbocycles. The Bertz CT molecular complexity index is 149. The van der Waals surface area contributed by atoms with Crippen molar-refractivity contribution in [1.29, 1.82) is 0 Å². The molecule has 2 nitrogen and oxygen atoms in total. The molecule has 0 aromatic rings. The SMILES string of the molecule is C/C=C/OC1CCC(=O)C1. The smallest absolute Gasteiger partial charge is 0.136 e. The molecule has 1 unspecified atom stereocenters. The number of carbonyl (C=O) groups excluding carboxylic acids is 1. The van der Waals surface area contributed by atoms with Gasteiger partial charge in [-0.15, -0.1) is 0 Å². The van der Waals surface area contributed by atoms with Crippen molar-refractivity contribution in [2.75, 3.05) is 0 Å². The molecule has 1 saturated carbocycles. The molecular formula is C8H12O2. The van der Waals surface area contributed by atoms with E-state index in [2.05, 4.69) is 0 Å². The van der Waals surface area contributed by atoms with E-state index in [0.717, 1.165) is 6.42 Å². The number of allylic oxidation sites excluding steroid dienone is 1. The summed E-state index contributed by atoms with van der Waals surface area (Å²) in [7, 11) is 0. The first-order valence-electron chi connectivity index (χ1n) is 3.61. The average molecular weight is 140 g/mol. The van der Waals surface area contributed by atoms with E-state index < -0.39 is 0 Å². The van der Waals surface area contributed by atoms with Crippen LogP contribution in [0.15, 0.2) is 12.3 Å². The summed E-state index contributed by atoms with van der Waals surface area (Å²) in [5.74, 6) is 0.328. The maximum Gasteiger partial charge on any atom is 0.136 e. The Morgan fingerprint density at radius 1 is 1.70 bits per heavy atom. The first-order valence-corrected chi connectivity index (χ1v) is 3.61. The Balaban J connectivity index is 2.24. The molecule has 0 saturated heterocycles. The molecule has 1 rings (SSSR count). The third-order valence-corrected chi connectivity index (χ3v) is 1.61. The van der Waals surface area contributed by atoms with Crippen LogP contribution in [0.1, 0.15) is 26.2 Å². The summed E-state index contributed by atoms with van der Waals surface area (Å²) in [4.78, 5) is 10.7.